The predicted octanol–water partition coefficient (Wildman–Crippen LogP) is 1.75. The van der Waals surface area contributed by atoms with Gasteiger partial charge in [-0.05, 0) is 46.6 Å². The summed E-state index contributed by atoms with van der Waals surface area (Å²) in [5.41, 5.74) is 13.5. The van der Waals surface area contributed by atoms with Crippen molar-refractivity contribution in [2.75, 3.05) is 12.3 Å². The third kappa shape index (κ3) is 14.4. The maximum absolute atomic E-state index is 12.5. The monoisotopic (exact) mass is 508 g/mol. The summed E-state index contributed by atoms with van der Waals surface area (Å²) in [7, 11) is 0. The van der Waals surface area contributed by atoms with Crippen molar-refractivity contribution in [2.24, 2.45) is 16.5 Å². The van der Waals surface area contributed by atoms with Crippen LogP contribution in [0, 0.1) is 0 Å². The summed E-state index contributed by atoms with van der Waals surface area (Å²) in [4.78, 5) is 41.4. The number of nitrogens with one attached hydrogen (secondary N) is 3. The van der Waals surface area contributed by atoms with E-state index in [1.165, 1.54) is 6.08 Å². The minimum Gasteiger partial charge on any atom is -0.387 e. The number of hydrogen-bond donors (Lipinski definition) is 6. The Hall–Kier alpha value is -2.59. The molecule has 0 aromatic heterocycles. The Morgan fingerprint density at radius 3 is 2.23 bits per heavy atom. The van der Waals surface area contributed by atoms with Crippen molar-refractivity contribution in [3.05, 3.63) is 36.0 Å². The molecule has 0 spiro atoms. The molecule has 9 nitrogen and oxygen atoms in total. The number of hydrogen-bond acceptors (Lipinski definition) is 6. The average Bonchev–Trinajstić information content (AvgIpc) is 2.80. The van der Waals surface area contributed by atoms with E-state index in [-0.39, 0.29) is 30.4 Å². The van der Waals surface area contributed by atoms with Gasteiger partial charge in [-0.15, -0.1) is 0 Å². The fourth-order valence-electron chi connectivity index (χ4n) is 2.84. The van der Waals surface area contributed by atoms with Gasteiger partial charge in [0.15, 0.2) is 0 Å². The molecule has 0 aliphatic rings. The molecule has 0 fully saturated rings. The molecule has 35 heavy (non-hydrogen) atoms. The SMILES string of the molecule is C=CC(=CC=C(C)C)C(=O)NC(C)CCC(N)=NCC(N)C(=O)NC(CCC)C(=O)NC(C)CS. The van der Waals surface area contributed by atoms with Gasteiger partial charge in [0.05, 0.1) is 12.4 Å². The normalized spacial score (nSPS) is 15.3. The highest BCUT2D eigenvalue weighted by Gasteiger charge is 2.23. The smallest absolute Gasteiger partial charge is 0.251 e. The van der Waals surface area contributed by atoms with Gasteiger partial charge in [-0.3, -0.25) is 19.4 Å². The van der Waals surface area contributed by atoms with Crippen LogP contribution in [-0.2, 0) is 14.4 Å². The van der Waals surface area contributed by atoms with Crippen molar-refractivity contribution >= 4 is 36.2 Å². The molecule has 0 saturated heterocycles. The molecule has 198 valence electrons. The first-order valence-corrected chi connectivity index (χ1v) is 12.6. The van der Waals surface area contributed by atoms with Crippen molar-refractivity contribution in [3.63, 3.8) is 0 Å². The molecule has 7 N–H and O–H groups in total. The maximum atomic E-state index is 12.5. The predicted molar refractivity (Wildman–Crippen MR) is 147 cm³/mol. The Labute approximate surface area is 215 Å². The van der Waals surface area contributed by atoms with E-state index in [1.54, 1.807) is 6.08 Å². The minimum absolute atomic E-state index is 0.00202. The van der Waals surface area contributed by atoms with E-state index in [0.29, 0.717) is 36.4 Å². The number of allylic oxidation sites excluding steroid dienone is 3. The third-order valence-corrected chi connectivity index (χ3v) is 5.54. The first-order chi connectivity index (χ1) is 16.4. The van der Waals surface area contributed by atoms with Gasteiger partial charge in [0.25, 0.3) is 5.91 Å². The Balaban J connectivity index is 4.73. The third-order valence-electron chi connectivity index (χ3n) is 4.99. The van der Waals surface area contributed by atoms with Gasteiger partial charge in [-0.1, -0.05) is 37.6 Å². The molecule has 0 heterocycles. The van der Waals surface area contributed by atoms with Crippen LogP contribution >= 0.6 is 12.6 Å². The van der Waals surface area contributed by atoms with Crippen LogP contribution in [-0.4, -0.2) is 60.0 Å². The molecule has 0 aromatic rings. The number of nitrogens with zero attached hydrogens (tertiary/aromatic N) is 1. The first kappa shape index (κ1) is 32.4. The number of nitrogens with two attached hydrogens (primary N) is 2. The number of aliphatic imine (C=N–C) groups is 1. The lowest BCUT2D eigenvalue weighted by Gasteiger charge is -2.21. The van der Waals surface area contributed by atoms with Crippen LogP contribution in [0.2, 0.25) is 0 Å². The molecular formula is C25H44N6O3S. The fourth-order valence-corrected chi connectivity index (χ4v) is 2.93. The molecule has 10 heteroatoms. The van der Waals surface area contributed by atoms with Crippen LogP contribution in [0.15, 0.2) is 40.9 Å². The quantitative estimate of drug-likeness (QED) is 0.0617. The van der Waals surface area contributed by atoms with Crippen LogP contribution in [0.5, 0.6) is 0 Å². The lowest BCUT2D eigenvalue weighted by Crippen LogP contribution is -2.53. The van der Waals surface area contributed by atoms with E-state index in [9.17, 15) is 14.4 Å². The molecule has 3 amide bonds. The summed E-state index contributed by atoms with van der Waals surface area (Å²) in [6, 6.07) is -1.85. The summed E-state index contributed by atoms with van der Waals surface area (Å²) in [5, 5.41) is 8.42. The van der Waals surface area contributed by atoms with E-state index in [4.69, 9.17) is 11.5 Å². The summed E-state index contributed by atoms with van der Waals surface area (Å²) in [6.45, 7) is 13.2. The Morgan fingerprint density at radius 1 is 1.03 bits per heavy atom. The molecule has 0 aliphatic carbocycles. The van der Waals surface area contributed by atoms with Gasteiger partial charge < -0.3 is 27.4 Å². The minimum atomic E-state index is -0.935. The molecule has 0 aliphatic heterocycles. The summed E-state index contributed by atoms with van der Waals surface area (Å²) in [5.74, 6) is -0.105. The van der Waals surface area contributed by atoms with E-state index in [2.05, 4.69) is 40.2 Å². The number of thiol groups is 1. The summed E-state index contributed by atoms with van der Waals surface area (Å²) >= 11 is 4.16. The molecular weight excluding hydrogens is 464 g/mol. The standard InChI is InChI=1S/C25H44N6O3S/c1-7-9-21(25(34)30-18(6)15-35)31-24(33)20(26)14-28-22(27)13-11-17(5)29-23(32)19(8-2)12-10-16(3)4/h8,10,12,17-18,20-21,35H,2,7,9,11,13-15,26H2,1,3-6H3,(H2,27,28)(H,29,32)(H,30,34)(H,31,33). The second-order valence-corrected chi connectivity index (χ2v) is 9.23. The number of amidine groups is 1. The topological polar surface area (TPSA) is 152 Å². The van der Waals surface area contributed by atoms with Crippen molar-refractivity contribution in [2.45, 2.75) is 84.5 Å². The van der Waals surface area contributed by atoms with Crippen LogP contribution in [0.25, 0.3) is 0 Å². The number of carbonyl (C=O) groups is 3. The highest BCUT2D eigenvalue weighted by atomic mass is 32.1. The van der Waals surface area contributed by atoms with Crippen LogP contribution < -0.4 is 27.4 Å². The van der Waals surface area contributed by atoms with Gasteiger partial charge >= 0.3 is 0 Å². The van der Waals surface area contributed by atoms with Crippen molar-refractivity contribution < 1.29 is 14.4 Å². The molecule has 0 rings (SSSR count). The number of carbonyl (C=O) groups excluding carboxylic acids is 3. The van der Waals surface area contributed by atoms with Crippen molar-refractivity contribution in [1.82, 2.24) is 16.0 Å². The van der Waals surface area contributed by atoms with E-state index >= 15 is 0 Å². The highest BCUT2D eigenvalue weighted by molar-refractivity contribution is 7.80. The lowest BCUT2D eigenvalue weighted by molar-refractivity contribution is -0.130. The van der Waals surface area contributed by atoms with Crippen molar-refractivity contribution in [3.8, 4) is 0 Å². The van der Waals surface area contributed by atoms with Gasteiger partial charge in [-0.25, -0.2) is 0 Å². The van der Waals surface area contributed by atoms with E-state index in [0.717, 1.165) is 12.0 Å². The Bertz CT molecular complexity index is 805. The summed E-state index contributed by atoms with van der Waals surface area (Å²) < 4.78 is 0. The van der Waals surface area contributed by atoms with Crippen LogP contribution in [0.1, 0.15) is 60.3 Å². The van der Waals surface area contributed by atoms with E-state index < -0.39 is 18.0 Å². The van der Waals surface area contributed by atoms with E-state index in [1.807, 2.05) is 40.7 Å². The second kappa shape index (κ2) is 17.8. The first-order valence-electron chi connectivity index (χ1n) is 12.0. The second-order valence-electron chi connectivity index (χ2n) is 8.86. The molecule has 0 radical (unpaired) electrons. The molecule has 0 saturated carbocycles. The number of rotatable bonds is 16. The van der Waals surface area contributed by atoms with Gasteiger partial charge in [-0.2, -0.15) is 12.6 Å². The van der Waals surface area contributed by atoms with Crippen LogP contribution in [0.3, 0.4) is 0 Å². The highest BCUT2D eigenvalue weighted by Crippen LogP contribution is 2.04. The zero-order valence-electron chi connectivity index (χ0n) is 21.8. The zero-order valence-corrected chi connectivity index (χ0v) is 22.7. The number of amides is 3. The molecule has 0 aromatic carbocycles. The fraction of sp³-hybridized carbons (Fsp3) is 0.600. The summed E-state index contributed by atoms with van der Waals surface area (Å²) in [6.07, 6.45) is 7.31. The molecule has 0 bridgehead atoms. The Kier molecular flexibility index (Phi) is 16.5. The van der Waals surface area contributed by atoms with Gasteiger partial charge in [0.2, 0.25) is 11.8 Å². The molecule has 4 atom stereocenters. The van der Waals surface area contributed by atoms with Gasteiger partial charge in [0, 0.05) is 29.8 Å². The lowest BCUT2D eigenvalue weighted by atomic mass is 10.1. The van der Waals surface area contributed by atoms with Gasteiger partial charge in [0.1, 0.15) is 12.1 Å². The van der Waals surface area contributed by atoms with Crippen LogP contribution in [0.4, 0.5) is 0 Å². The Morgan fingerprint density at radius 2 is 1.69 bits per heavy atom. The molecule has 4 unspecified atom stereocenters. The van der Waals surface area contributed by atoms with Crippen molar-refractivity contribution in [1.29, 1.82) is 0 Å². The average molecular weight is 509 g/mol. The largest absolute Gasteiger partial charge is 0.387 e. The zero-order chi connectivity index (χ0) is 27.0. The maximum Gasteiger partial charge on any atom is 0.251 e.